The molecule has 0 fully saturated rings. The zero-order valence-electron chi connectivity index (χ0n) is 10.2. The van der Waals surface area contributed by atoms with Gasteiger partial charge in [0.2, 0.25) is 0 Å². The van der Waals surface area contributed by atoms with Crippen molar-refractivity contribution in [2.75, 3.05) is 5.32 Å². The number of carbonyl (C=O) groups is 1. The number of pyridine rings is 1. The third-order valence-corrected chi connectivity index (χ3v) is 4.27. The van der Waals surface area contributed by atoms with Gasteiger partial charge in [-0.3, -0.25) is 9.78 Å². The van der Waals surface area contributed by atoms with Crippen LogP contribution in [0.2, 0.25) is 0 Å². The van der Waals surface area contributed by atoms with Crippen molar-refractivity contribution >= 4 is 22.4 Å². The van der Waals surface area contributed by atoms with Crippen LogP contribution in [0.25, 0.3) is 0 Å². The molecule has 3 rings (SSSR count). The molecule has 0 bridgehead atoms. The molecule has 1 atom stereocenters. The first-order valence-electron chi connectivity index (χ1n) is 6.09. The Morgan fingerprint density at radius 3 is 3.21 bits per heavy atom. The van der Waals surface area contributed by atoms with Crippen LogP contribution < -0.4 is 5.32 Å². The Labute approximate surface area is 114 Å². The van der Waals surface area contributed by atoms with Crippen molar-refractivity contribution in [3.05, 3.63) is 40.7 Å². The molecule has 19 heavy (non-hydrogen) atoms. The minimum absolute atomic E-state index is 0.430. The molecule has 98 valence electrons. The van der Waals surface area contributed by atoms with E-state index in [1.165, 1.54) is 0 Å². The van der Waals surface area contributed by atoms with E-state index in [0.29, 0.717) is 13.0 Å². The van der Waals surface area contributed by atoms with Crippen molar-refractivity contribution < 1.29 is 9.90 Å². The number of hydrogen-bond donors (Lipinski definition) is 2. The average molecular weight is 275 g/mol. The van der Waals surface area contributed by atoms with E-state index < -0.39 is 11.9 Å². The molecule has 2 aromatic heterocycles. The molecule has 2 heterocycles. The van der Waals surface area contributed by atoms with Crippen LogP contribution in [-0.4, -0.2) is 21.0 Å². The highest BCUT2D eigenvalue weighted by atomic mass is 32.1. The second kappa shape index (κ2) is 4.97. The molecule has 1 unspecified atom stereocenters. The highest BCUT2D eigenvalue weighted by Gasteiger charge is 2.32. The van der Waals surface area contributed by atoms with Crippen LogP contribution in [0.5, 0.6) is 0 Å². The number of hydrogen-bond acceptors (Lipinski definition) is 5. The number of aromatic nitrogens is 2. The minimum Gasteiger partial charge on any atom is -0.481 e. The largest absolute Gasteiger partial charge is 0.481 e. The van der Waals surface area contributed by atoms with Crippen molar-refractivity contribution in [1.29, 1.82) is 0 Å². The van der Waals surface area contributed by atoms with E-state index in [0.717, 1.165) is 27.7 Å². The summed E-state index contributed by atoms with van der Waals surface area (Å²) in [5.41, 5.74) is 1.82. The summed E-state index contributed by atoms with van der Waals surface area (Å²) in [6, 6.07) is 3.88. The zero-order chi connectivity index (χ0) is 13.2. The summed E-state index contributed by atoms with van der Waals surface area (Å²) < 4.78 is 0. The van der Waals surface area contributed by atoms with E-state index in [4.69, 9.17) is 5.11 Å². The van der Waals surface area contributed by atoms with Crippen LogP contribution in [0, 0.1) is 0 Å². The summed E-state index contributed by atoms with van der Waals surface area (Å²) in [7, 11) is 0. The Morgan fingerprint density at radius 2 is 2.47 bits per heavy atom. The quantitative estimate of drug-likeness (QED) is 0.895. The van der Waals surface area contributed by atoms with Gasteiger partial charge in [-0.1, -0.05) is 6.07 Å². The Kier molecular flexibility index (Phi) is 3.16. The molecular formula is C13H13N3O2S. The van der Waals surface area contributed by atoms with Gasteiger partial charge in [-0.15, -0.1) is 11.3 Å². The van der Waals surface area contributed by atoms with Gasteiger partial charge in [-0.05, 0) is 24.5 Å². The monoisotopic (exact) mass is 275 g/mol. The maximum Gasteiger partial charge on any atom is 0.312 e. The first-order valence-corrected chi connectivity index (χ1v) is 6.91. The van der Waals surface area contributed by atoms with Crippen molar-refractivity contribution in [2.45, 2.75) is 25.3 Å². The summed E-state index contributed by atoms with van der Waals surface area (Å²) in [6.07, 6.45) is 5.03. The van der Waals surface area contributed by atoms with Crippen LogP contribution in [0.3, 0.4) is 0 Å². The van der Waals surface area contributed by atoms with Crippen LogP contribution in [0.4, 0.5) is 5.13 Å². The Balaban J connectivity index is 1.71. The molecule has 1 aliphatic carbocycles. The lowest BCUT2D eigenvalue weighted by atomic mass is 10.1. The molecule has 0 aliphatic heterocycles. The topological polar surface area (TPSA) is 75.1 Å². The highest BCUT2D eigenvalue weighted by molar-refractivity contribution is 7.15. The molecule has 5 nitrogen and oxygen atoms in total. The van der Waals surface area contributed by atoms with Gasteiger partial charge in [-0.25, -0.2) is 4.98 Å². The number of carboxylic acids is 1. The van der Waals surface area contributed by atoms with E-state index in [-0.39, 0.29) is 0 Å². The van der Waals surface area contributed by atoms with Gasteiger partial charge >= 0.3 is 5.97 Å². The molecule has 0 spiro atoms. The van der Waals surface area contributed by atoms with Gasteiger partial charge in [0.05, 0.1) is 5.69 Å². The third-order valence-electron chi connectivity index (χ3n) is 3.18. The number of nitrogens with one attached hydrogen (secondary N) is 1. The fraction of sp³-hybridized carbons (Fsp3) is 0.308. The van der Waals surface area contributed by atoms with E-state index >= 15 is 0 Å². The molecule has 0 saturated carbocycles. The maximum atomic E-state index is 11.1. The molecule has 0 aromatic carbocycles. The maximum absolute atomic E-state index is 11.1. The van der Waals surface area contributed by atoms with E-state index in [1.807, 2.05) is 12.1 Å². The predicted molar refractivity (Wildman–Crippen MR) is 72.4 cm³/mol. The highest BCUT2D eigenvalue weighted by Crippen LogP contribution is 2.38. The number of carboxylic acid groups (broad SMARTS) is 1. The van der Waals surface area contributed by atoms with Gasteiger partial charge in [-0.2, -0.15) is 0 Å². The van der Waals surface area contributed by atoms with Gasteiger partial charge in [0.15, 0.2) is 5.13 Å². The fourth-order valence-corrected chi connectivity index (χ4v) is 3.26. The second-order valence-corrected chi connectivity index (χ2v) is 5.56. The molecule has 0 amide bonds. The number of thiazole rings is 1. The molecule has 0 radical (unpaired) electrons. The van der Waals surface area contributed by atoms with Crippen LogP contribution >= 0.6 is 11.3 Å². The fourth-order valence-electron chi connectivity index (χ4n) is 2.22. The Bertz CT molecular complexity index is 597. The lowest BCUT2D eigenvalue weighted by molar-refractivity contribution is -0.138. The molecule has 6 heteroatoms. The SMILES string of the molecule is O=C(O)C1CCc2sc(NCc3cccnc3)nc21. The first-order chi connectivity index (χ1) is 9.24. The molecule has 1 aliphatic rings. The number of rotatable bonds is 4. The van der Waals surface area contributed by atoms with Gasteiger partial charge in [0, 0.05) is 23.8 Å². The number of anilines is 1. The van der Waals surface area contributed by atoms with Crippen molar-refractivity contribution in [3.63, 3.8) is 0 Å². The smallest absolute Gasteiger partial charge is 0.312 e. The lowest BCUT2D eigenvalue weighted by Crippen LogP contribution is -2.09. The second-order valence-electron chi connectivity index (χ2n) is 4.47. The van der Waals surface area contributed by atoms with Gasteiger partial charge in [0.1, 0.15) is 5.92 Å². The van der Waals surface area contributed by atoms with Crippen LogP contribution in [0.15, 0.2) is 24.5 Å². The van der Waals surface area contributed by atoms with E-state index in [1.54, 1.807) is 23.7 Å². The Hall–Kier alpha value is -1.95. The number of fused-ring (bicyclic) bond motifs is 1. The average Bonchev–Trinajstić information content (AvgIpc) is 2.96. The van der Waals surface area contributed by atoms with Crippen LogP contribution in [0.1, 0.15) is 28.5 Å². The number of aryl methyl sites for hydroxylation is 1. The first kappa shape index (κ1) is 12.1. The number of nitrogens with zero attached hydrogens (tertiary/aromatic N) is 2. The molecule has 2 aromatic rings. The van der Waals surface area contributed by atoms with Crippen LogP contribution in [-0.2, 0) is 17.8 Å². The zero-order valence-corrected chi connectivity index (χ0v) is 11.0. The van der Waals surface area contributed by atoms with Crippen molar-refractivity contribution in [2.24, 2.45) is 0 Å². The van der Waals surface area contributed by atoms with Crippen molar-refractivity contribution in [3.8, 4) is 0 Å². The molecular weight excluding hydrogens is 262 g/mol. The summed E-state index contributed by atoms with van der Waals surface area (Å²) in [4.78, 5) is 20.6. The number of aliphatic carboxylic acids is 1. The summed E-state index contributed by atoms with van der Waals surface area (Å²) in [5, 5.41) is 13.1. The predicted octanol–water partition coefficient (Wildman–Crippen LogP) is 2.26. The van der Waals surface area contributed by atoms with E-state index in [2.05, 4.69) is 15.3 Å². The van der Waals surface area contributed by atoms with Gasteiger partial charge in [0.25, 0.3) is 0 Å². The standard InChI is InChI=1S/C13H13N3O2S/c17-12(18)9-3-4-10-11(9)16-13(19-10)15-7-8-2-1-5-14-6-8/h1-2,5-6,9H,3-4,7H2,(H,15,16)(H,17,18). The third kappa shape index (κ3) is 2.44. The molecule has 0 saturated heterocycles. The summed E-state index contributed by atoms with van der Waals surface area (Å²) in [5.74, 6) is -1.21. The van der Waals surface area contributed by atoms with Gasteiger partial charge < -0.3 is 10.4 Å². The minimum atomic E-state index is -0.775. The molecule has 2 N–H and O–H groups in total. The van der Waals surface area contributed by atoms with Crippen molar-refractivity contribution in [1.82, 2.24) is 9.97 Å². The lowest BCUT2D eigenvalue weighted by Gasteiger charge is -2.03. The van der Waals surface area contributed by atoms with E-state index in [9.17, 15) is 4.79 Å². The normalized spacial score (nSPS) is 17.2. The summed E-state index contributed by atoms with van der Waals surface area (Å²) >= 11 is 1.56. The summed E-state index contributed by atoms with van der Waals surface area (Å²) in [6.45, 7) is 0.651. The Morgan fingerprint density at radius 1 is 1.58 bits per heavy atom.